The van der Waals surface area contributed by atoms with E-state index in [1.54, 1.807) is 0 Å². The van der Waals surface area contributed by atoms with Crippen molar-refractivity contribution in [1.82, 2.24) is 4.57 Å². The van der Waals surface area contributed by atoms with E-state index in [-0.39, 0.29) is 0 Å². The summed E-state index contributed by atoms with van der Waals surface area (Å²) in [5.74, 6) is 0. The highest BCUT2D eigenvalue weighted by molar-refractivity contribution is 6.11. The van der Waals surface area contributed by atoms with E-state index in [1.165, 1.54) is 65.3 Å². The number of anilines is 3. The third-order valence-corrected chi connectivity index (χ3v) is 10.1. The summed E-state index contributed by atoms with van der Waals surface area (Å²) in [6.07, 6.45) is 0. The van der Waals surface area contributed by atoms with Gasteiger partial charge in [-0.25, -0.2) is 0 Å². The molecular weight excluding hydrogens is 605 g/mol. The van der Waals surface area contributed by atoms with Gasteiger partial charge in [0.05, 0.1) is 16.7 Å². The van der Waals surface area contributed by atoms with Crippen LogP contribution in [0.15, 0.2) is 194 Å². The quantitative estimate of drug-likeness (QED) is 0.182. The summed E-state index contributed by atoms with van der Waals surface area (Å²) < 4.78 is 2.39. The predicted octanol–water partition coefficient (Wildman–Crippen LogP) is 13.4. The molecule has 2 heteroatoms. The molecule has 0 aliphatic carbocycles. The number of benzene rings is 9. The van der Waals surface area contributed by atoms with E-state index in [0.29, 0.717) is 0 Å². The molecule has 0 saturated carbocycles. The van der Waals surface area contributed by atoms with Crippen LogP contribution in [0.1, 0.15) is 0 Å². The molecule has 0 saturated heterocycles. The van der Waals surface area contributed by atoms with Crippen molar-refractivity contribution in [2.75, 3.05) is 4.90 Å². The zero-order valence-corrected chi connectivity index (χ0v) is 27.4. The minimum atomic E-state index is 1.11. The van der Waals surface area contributed by atoms with Crippen LogP contribution in [-0.2, 0) is 0 Å². The first kappa shape index (κ1) is 28.4. The van der Waals surface area contributed by atoms with Crippen LogP contribution in [0.3, 0.4) is 0 Å². The third kappa shape index (κ3) is 4.65. The number of nitrogens with zero attached hydrogens (tertiary/aromatic N) is 2. The van der Waals surface area contributed by atoms with Gasteiger partial charge in [-0.05, 0) is 98.7 Å². The van der Waals surface area contributed by atoms with Gasteiger partial charge in [0.2, 0.25) is 0 Å². The molecule has 50 heavy (non-hydrogen) atoms. The van der Waals surface area contributed by atoms with E-state index in [0.717, 1.165) is 22.7 Å². The summed E-state index contributed by atoms with van der Waals surface area (Å²) in [6, 6.07) is 70.6. The molecule has 1 aromatic heterocycles. The lowest BCUT2D eigenvalue weighted by Crippen LogP contribution is -2.10. The molecule has 0 spiro atoms. The second-order valence-corrected chi connectivity index (χ2v) is 13.0. The molecule has 0 bridgehead atoms. The molecule has 2 nitrogen and oxygen atoms in total. The molecule has 0 N–H and O–H groups in total. The number of para-hydroxylation sites is 2. The Kier molecular flexibility index (Phi) is 6.53. The fourth-order valence-corrected chi connectivity index (χ4v) is 7.71. The van der Waals surface area contributed by atoms with Gasteiger partial charge in [0.1, 0.15) is 0 Å². The van der Waals surface area contributed by atoms with E-state index in [1.807, 2.05) is 0 Å². The Morgan fingerprint density at radius 2 is 0.880 bits per heavy atom. The largest absolute Gasteiger partial charge is 0.310 e. The van der Waals surface area contributed by atoms with Crippen LogP contribution in [0, 0.1) is 0 Å². The van der Waals surface area contributed by atoms with E-state index >= 15 is 0 Å². The van der Waals surface area contributed by atoms with Crippen molar-refractivity contribution in [3.8, 4) is 16.8 Å². The maximum atomic E-state index is 2.43. The van der Waals surface area contributed by atoms with Crippen LogP contribution in [0.4, 0.5) is 17.1 Å². The third-order valence-electron chi connectivity index (χ3n) is 10.1. The Morgan fingerprint density at radius 1 is 0.320 bits per heavy atom. The lowest BCUT2D eigenvalue weighted by atomic mass is 9.97. The van der Waals surface area contributed by atoms with E-state index in [4.69, 9.17) is 0 Å². The topological polar surface area (TPSA) is 8.17 Å². The smallest absolute Gasteiger partial charge is 0.0561 e. The van der Waals surface area contributed by atoms with E-state index in [2.05, 4.69) is 204 Å². The monoisotopic (exact) mass is 636 g/mol. The average molecular weight is 637 g/mol. The Labute approximate surface area is 290 Å². The summed E-state index contributed by atoms with van der Waals surface area (Å²) in [7, 11) is 0. The SMILES string of the molecule is c1ccc(-n2c3ccccc3c3ccc(N(c4ccc5ccccc5c4)c4cccc5cc(-c6ccc7ccccc7c6)ccc45)cc32)cc1. The fourth-order valence-electron chi connectivity index (χ4n) is 7.71. The molecule has 0 fully saturated rings. The van der Waals surface area contributed by atoms with Crippen molar-refractivity contribution in [3.05, 3.63) is 194 Å². The van der Waals surface area contributed by atoms with Crippen LogP contribution in [0.25, 0.3) is 70.9 Å². The highest BCUT2D eigenvalue weighted by Gasteiger charge is 2.19. The Bertz CT molecular complexity index is 2880. The molecule has 1 heterocycles. The summed E-state index contributed by atoms with van der Waals surface area (Å²) >= 11 is 0. The summed E-state index contributed by atoms with van der Waals surface area (Å²) in [4.78, 5) is 2.43. The van der Waals surface area contributed by atoms with Crippen molar-refractivity contribution < 1.29 is 0 Å². The minimum absolute atomic E-state index is 1.11. The molecule has 234 valence electrons. The average Bonchev–Trinajstić information content (AvgIpc) is 3.51. The number of hydrogen-bond acceptors (Lipinski definition) is 1. The summed E-state index contributed by atoms with van der Waals surface area (Å²) in [5.41, 5.74) is 9.35. The second kappa shape index (κ2) is 11.5. The molecule has 9 aromatic carbocycles. The molecule has 0 radical (unpaired) electrons. The Morgan fingerprint density at radius 3 is 1.70 bits per heavy atom. The van der Waals surface area contributed by atoms with E-state index < -0.39 is 0 Å². The Hall–Kier alpha value is -6.64. The van der Waals surface area contributed by atoms with Gasteiger partial charge in [0.15, 0.2) is 0 Å². The van der Waals surface area contributed by atoms with Crippen molar-refractivity contribution in [1.29, 1.82) is 0 Å². The normalized spacial score (nSPS) is 11.6. The number of hydrogen-bond donors (Lipinski definition) is 0. The van der Waals surface area contributed by atoms with Crippen LogP contribution in [0.2, 0.25) is 0 Å². The summed E-state index contributed by atoms with van der Waals surface area (Å²) in [6.45, 7) is 0. The zero-order chi connectivity index (χ0) is 33.0. The molecule has 0 unspecified atom stereocenters. The maximum Gasteiger partial charge on any atom is 0.0561 e. The number of aromatic nitrogens is 1. The molecular formula is C48H32N2. The molecule has 10 aromatic rings. The Balaban J connectivity index is 1.20. The second-order valence-electron chi connectivity index (χ2n) is 13.0. The van der Waals surface area contributed by atoms with Crippen molar-refractivity contribution in [3.63, 3.8) is 0 Å². The zero-order valence-electron chi connectivity index (χ0n) is 27.4. The number of rotatable bonds is 5. The first-order valence-corrected chi connectivity index (χ1v) is 17.2. The van der Waals surface area contributed by atoms with Crippen LogP contribution < -0.4 is 4.90 Å². The van der Waals surface area contributed by atoms with Gasteiger partial charge in [0, 0.05) is 33.2 Å². The van der Waals surface area contributed by atoms with Gasteiger partial charge in [-0.1, -0.05) is 133 Å². The van der Waals surface area contributed by atoms with Crippen molar-refractivity contribution in [2.45, 2.75) is 0 Å². The lowest BCUT2D eigenvalue weighted by Gasteiger charge is -2.27. The highest BCUT2D eigenvalue weighted by Crippen LogP contribution is 2.43. The molecule has 0 aliphatic heterocycles. The fraction of sp³-hybridized carbons (Fsp3) is 0. The van der Waals surface area contributed by atoms with Crippen molar-refractivity contribution >= 4 is 71.2 Å². The van der Waals surface area contributed by atoms with Crippen LogP contribution >= 0.6 is 0 Å². The van der Waals surface area contributed by atoms with Gasteiger partial charge in [-0.15, -0.1) is 0 Å². The van der Waals surface area contributed by atoms with Gasteiger partial charge < -0.3 is 9.47 Å². The molecule has 0 amide bonds. The molecule has 10 rings (SSSR count). The van der Waals surface area contributed by atoms with Gasteiger partial charge >= 0.3 is 0 Å². The van der Waals surface area contributed by atoms with Crippen molar-refractivity contribution in [2.24, 2.45) is 0 Å². The van der Waals surface area contributed by atoms with Gasteiger partial charge in [-0.3, -0.25) is 0 Å². The maximum absolute atomic E-state index is 2.43. The first-order chi connectivity index (χ1) is 24.8. The molecule has 0 atom stereocenters. The standard InChI is InChI=1S/C48H32N2/c1-2-16-40(17-3-1)50-47-19-9-8-18-44(47)45-28-26-42(32-48(45)50)49(41-25-23-34-12-5-7-14-36(34)31-41)46-20-10-15-39-30-38(24-27-43(39)46)37-22-21-33-11-4-6-13-35(33)29-37/h1-32H. The van der Waals surface area contributed by atoms with Gasteiger partial charge in [0.25, 0.3) is 0 Å². The highest BCUT2D eigenvalue weighted by atomic mass is 15.1. The minimum Gasteiger partial charge on any atom is -0.310 e. The predicted molar refractivity (Wildman–Crippen MR) is 213 cm³/mol. The molecule has 0 aliphatic rings. The first-order valence-electron chi connectivity index (χ1n) is 17.2. The van der Waals surface area contributed by atoms with Gasteiger partial charge in [-0.2, -0.15) is 0 Å². The van der Waals surface area contributed by atoms with E-state index in [9.17, 15) is 0 Å². The van der Waals surface area contributed by atoms with Crippen LogP contribution in [0.5, 0.6) is 0 Å². The number of fused-ring (bicyclic) bond motifs is 6. The summed E-state index contributed by atoms with van der Waals surface area (Å²) in [5, 5.41) is 9.86. The van der Waals surface area contributed by atoms with Crippen LogP contribution in [-0.4, -0.2) is 4.57 Å². The lowest BCUT2D eigenvalue weighted by molar-refractivity contribution is 1.18.